The van der Waals surface area contributed by atoms with Crippen LogP contribution in [0, 0.1) is 0 Å². The third kappa shape index (κ3) is 3.21. The van der Waals surface area contributed by atoms with E-state index in [1.165, 1.54) is 0 Å². The molecule has 0 bridgehead atoms. The average Bonchev–Trinajstić information content (AvgIpc) is 3.24. The summed E-state index contributed by atoms with van der Waals surface area (Å²) >= 11 is 3.57. The second kappa shape index (κ2) is 7.69. The first-order valence-electron chi connectivity index (χ1n) is 9.77. The lowest BCUT2D eigenvalue weighted by Crippen LogP contribution is -2.33. The van der Waals surface area contributed by atoms with E-state index in [0.717, 1.165) is 39.0 Å². The minimum absolute atomic E-state index is 0.113. The first-order valence-corrected chi connectivity index (χ1v) is 10.6. The Balaban J connectivity index is 1.59. The van der Waals surface area contributed by atoms with Crippen molar-refractivity contribution in [2.24, 2.45) is 5.10 Å². The third-order valence-corrected chi connectivity index (χ3v) is 6.04. The summed E-state index contributed by atoms with van der Waals surface area (Å²) in [6.07, 6.45) is 0.468. The number of ether oxygens (including phenoxy) is 3. The second-order valence-corrected chi connectivity index (χ2v) is 8.20. The van der Waals surface area contributed by atoms with Crippen LogP contribution in [0.3, 0.4) is 0 Å². The molecule has 2 aliphatic heterocycles. The van der Waals surface area contributed by atoms with Crippen molar-refractivity contribution in [1.82, 2.24) is 5.01 Å². The Kier molecular flexibility index (Phi) is 4.87. The van der Waals surface area contributed by atoms with Crippen molar-refractivity contribution in [3.05, 3.63) is 87.9 Å². The minimum Gasteiger partial charge on any atom is -0.493 e. The lowest BCUT2D eigenvalue weighted by atomic mass is 9.96. The van der Waals surface area contributed by atoms with E-state index in [2.05, 4.69) is 39.1 Å². The maximum absolute atomic E-state index is 6.43. The number of rotatable bonds is 4. The van der Waals surface area contributed by atoms with Crippen molar-refractivity contribution in [2.75, 3.05) is 14.2 Å². The first kappa shape index (κ1) is 19.0. The van der Waals surface area contributed by atoms with Crippen LogP contribution in [-0.4, -0.2) is 24.9 Å². The molecule has 3 aromatic carbocycles. The van der Waals surface area contributed by atoms with E-state index in [1.807, 2.05) is 48.5 Å². The van der Waals surface area contributed by atoms with Crippen LogP contribution in [-0.2, 0) is 0 Å². The molecule has 0 spiro atoms. The highest BCUT2D eigenvalue weighted by Crippen LogP contribution is 2.48. The first-order chi connectivity index (χ1) is 14.7. The molecule has 0 radical (unpaired) electrons. The summed E-state index contributed by atoms with van der Waals surface area (Å²) in [5, 5.41) is 7.08. The van der Waals surface area contributed by atoms with Crippen LogP contribution < -0.4 is 14.2 Å². The number of methoxy groups -OCH3 is 2. The van der Waals surface area contributed by atoms with Crippen molar-refractivity contribution in [3.8, 4) is 17.2 Å². The van der Waals surface area contributed by atoms with Crippen LogP contribution in [0.25, 0.3) is 0 Å². The van der Waals surface area contributed by atoms with Gasteiger partial charge < -0.3 is 14.2 Å². The number of nitrogens with zero attached hydrogens (tertiary/aromatic N) is 2. The van der Waals surface area contributed by atoms with Crippen molar-refractivity contribution < 1.29 is 14.2 Å². The van der Waals surface area contributed by atoms with Gasteiger partial charge in [-0.25, -0.2) is 5.01 Å². The summed E-state index contributed by atoms with van der Waals surface area (Å²) in [5.41, 5.74) is 4.28. The van der Waals surface area contributed by atoms with Gasteiger partial charge in [-0.2, -0.15) is 5.10 Å². The fourth-order valence-electron chi connectivity index (χ4n) is 4.10. The zero-order valence-electron chi connectivity index (χ0n) is 16.7. The fourth-order valence-corrected chi connectivity index (χ4v) is 4.50. The zero-order valence-corrected chi connectivity index (χ0v) is 18.3. The van der Waals surface area contributed by atoms with Gasteiger partial charge in [0.15, 0.2) is 11.5 Å². The van der Waals surface area contributed by atoms with Gasteiger partial charge in [-0.3, -0.25) is 0 Å². The highest BCUT2D eigenvalue weighted by Gasteiger charge is 2.41. The van der Waals surface area contributed by atoms with Crippen LogP contribution in [0.2, 0.25) is 0 Å². The van der Waals surface area contributed by atoms with Gasteiger partial charge in [0.25, 0.3) is 0 Å². The number of para-hydroxylation sites is 1. The molecular formula is C24H21BrN2O3. The highest BCUT2D eigenvalue weighted by molar-refractivity contribution is 9.10. The van der Waals surface area contributed by atoms with Crippen LogP contribution in [0.5, 0.6) is 17.2 Å². The minimum atomic E-state index is -0.352. The van der Waals surface area contributed by atoms with Crippen molar-refractivity contribution >= 4 is 21.6 Å². The van der Waals surface area contributed by atoms with E-state index >= 15 is 0 Å². The summed E-state index contributed by atoms with van der Waals surface area (Å²) in [4.78, 5) is 0. The molecule has 6 heteroatoms. The Morgan fingerprint density at radius 3 is 2.60 bits per heavy atom. The number of fused-ring (bicyclic) bond motifs is 3. The van der Waals surface area contributed by atoms with Crippen LogP contribution >= 0.6 is 15.9 Å². The number of hydrazone groups is 1. The molecule has 0 aromatic heterocycles. The molecular weight excluding hydrogens is 444 g/mol. The number of halogens is 1. The largest absolute Gasteiger partial charge is 0.493 e. The Morgan fingerprint density at radius 2 is 1.80 bits per heavy atom. The molecule has 0 saturated carbocycles. The maximum Gasteiger partial charge on any atom is 0.214 e. The molecule has 2 unspecified atom stereocenters. The van der Waals surface area contributed by atoms with Gasteiger partial charge in [-0.05, 0) is 42.0 Å². The van der Waals surface area contributed by atoms with Crippen molar-refractivity contribution in [1.29, 1.82) is 0 Å². The van der Waals surface area contributed by atoms with Crippen LogP contribution in [0.1, 0.15) is 35.4 Å². The maximum atomic E-state index is 6.43. The number of hydrogen-bond donors (Lipinski definition) is 0. The standard InChI is InChI=1S/C24H21BrN2O3/c1-28-22-11-10-16(13-23(22)29-2)24-27-20(18-8-3-4-9-21(18)30-24)14-19(26-27)15-6-5-7-17(25)12-15/h3-13,20,24H,14H2,1-2H3. The second-order valence-electron chi connectivity index (χ2n) is 7.28. The average molecular weight is 465 g/mol. The van der Waals surface area contributed by atoms with Gasteiger partial charge in [0.1, 0.15) is 5.75 Å². The summed E-state index contributed by atoms with van der Waals surface area (Å²) in [6, 6.07) is 22.4. The monoisotopic (exact) mass is 464 g/mol. The molecule has 152 valence electrons. The van der Waals surface area contributed by atoms with Gasteiger partial charge in [-0.1, -0.05) is 46.3 Å². The molecule has 0 N–H and O–H groups in total. The van der Waals surface area contributed by atoms with Crippen LogP contribution in [0.15, 0.2) is 76.3 Å². The Morgan fingerprint density at radius 1 is 0.967 bits per heavy atom. The number of hydrogen-bond acceptors (Lipinski definition) is 5. The van der Waals surface area contributed by atoms with Gasteiger partial charge >= 0.3 is 0 Å². The van der Waals surface area contributed by atoms with E-state index in [4.69, 9.17) is 19.3 Å². The lowest BCUT2D eigenvalue weighted by Gasteiger charge is -2.38. The van der Waals surface area contributed by atoms with Gasteiger partial charge in [0.05, 0.1) is 26.0 Å². The molecule has 2 atom stereocenters. The molecule has 0 amide bonds. The van der Waals surface area contributed by atoms with E-state index in [9.17, 15) is 0 Å². The SMILES string of the molecule is COc1ccc(C2Oc3ccccc3C3CC(c4cccc(Br)c4)=NN32)cc1OC. The third-order valence-electron chi connectivity index (χ3n) is 5.55. The van der Waals surface area contributed by atoms with Crippen molar-refractivity contribution in [3.63, 3.8) is 0 Å². The molecule has 5 nitrogen and oxygen atoms in total. The topological polar surface area (TPSA) is 43.3 Å². The van der Waals surface area contributed by atoms with Crippen LogP contribution in [0.4, 0.5) is 0 Å². The molecule has 0 saturated heterocycles. The smallest absolute Gasteiger partial charge is 0.214 e. The molecule has 30 heavy (non-hydrogen) atoms. The molecule has 2 aliphatic rings. The summed E-state index contributed by atoms with van der Waals surface area (Å²) in [5.74, 6) is 2.25. The summed E-state index contributed by atoms with van der Waals surface area (Å²) in [6.45, 7) is 0. The van der Waals surface area contributed by atoms with E-state index < -0.39 is 0 Å². The molecule has 5 rings (SSSR count). The molecule has 2 heterocycles. The van der Waals surface area contributed by atoms with E-state index in [1.54, 1.807) is 14.2 Å². The lowest BCUT2D eigenvalue weighted by molar-refractivity contribution is -0.0191. The highest BCUT2D eigenvalue weighted by atomic mass is 79.9. The summed E-state index contributed by atoms with van der Waals surface area (Å²) < 4.78 is 18.4. The Hall–Kier alpha value is -2.99. The number of benzene rings is 3. The zero-order chi connectivity index (χ0) is 20.7. The van der Waals surface area contributed by atoms with Gasteiger partial charge in [-0.15, -0.1) is 0 Å². The van der Waals surface area contributed by atoms with Gasteiger partial charge in [0, 0.05) is 22.0 Å². The normalized spacial score (nSPS) is 19.4. The van der Waals surface area contributed by atoms with E-state index in [-0.39, 0.29) is 12.3 Å². The predicted molar refractivity (Wildman–Crippen MR) is 119 cm³/mol. The molecule has 0 aliphatic carbocycles. The van der Waals surface area contributed by atoms with Gasteiger partial charge in [0.2, 0.25) is 6.23 Å². The molecule has 3 aromatic rings. The summed E-state index contributed by atoms with van der Waals surface area (Å²) in [7, 11) is 3.27. The fraction of sp³-hybridized carbons (Fsp3) is 0.208. The Bertz CT molecular complexity index is 1130. The van der Waals surface area contributed by atoms with E-state index in [0.29, 0.717) is 11.5 Å². The predicted octanol–water partition coefficient (Wildman–Crippen LogP) is 5.71. The molecule has 0 fully saturated rings. The quantitative estimate of drug-likeness (QED) is 0.495. The van der Waals surface area contributed by atoms with Crippen molar-refractivity contribution in [2.45, 2.75) is 18.7 Å². The Labute approximate surface area is 184 Å².